The van der Waals surface area contributed by atoms with Crippen LogP contribution in [0.5, 0.6) is 0 Å². The van der Waals surface area contributed by atoms with Gasteiger partial charge in [-0.05, 0) is 37.2 Å². The van der Waals surface area contributed by atoms with E-state index in [9.17, 15) is 4.79 Å². The number of aromatic nitrogens is 4. The lowest BCUT2D eigenvalue weighted by Gasteiger charge is -2.32. The predicted octanol–water partition coefficient (Wildman–Crippen LogP) is 3.83. The molecule has 5 rings (SSSR count). The van der Waals surface area contributed by atoms with E-state index < -0.39 is 0 Å². The minimum Gasteiger partial charge on any atom is -0.309 e. The molecule has 1 aliphatic rings. The molecule has 0 bridgehead atoms. The van der Waals surface area contributed by atoms with E-state index in [-0.39, 0.29) is 5.56 Å². The van der Waals surface area contributed by atoms with Crippen molar-refractivity contribution in [2.75, 3.05) is 38.5 Å². The Labute approximate surface area is 202 Å². The quantitative estimate of drug-likeness (QED) is 0.453. The van der Waals surface area contributed by atoms with Crippen molar-refractivity contribution in [3.05, 3.63) is 75.3 Å². The maximum Gasteiger partial charge on any atom is 0.257 e. The maximum absolute atomic E-state index is 12.9. The Morgan fingerprint density at radius 3 is 2.59 bits per heavy atom. The fraction of sp³-hybridized carbons (Fsp3) is 0.280. The summed E-state index contributed by atoms with van der Waals surface area (Å²) in [4.78, 5) is 34.0. The highest BCUT2D eigenvalue weighted by Crippen LogP contribution is 2.30. The van der Waals surface area contributed by atoms with E-state index in [0.717, 1.165) is 43.7 Å². The number of halogens is 1. The Hall–Kier alpha value is -3.33. The second kappa shape index (κ2) is 9.50. The number of aryl methyl sites for hydroxylation is 1. The Morgan fingerprint density at radius 1 is 1.06 bits per heavy atom. The number of benzene rings is 1. The molecule has 2 N–H and O–H groups in total. The molecular weight excluding hydrogens is 450 g/mol. The normalized spacial score (nSPS) is 15.0. The molecule has 34 heavy (non-hydrogen) atoms. The van der Waals surface area contributed by atoms with E-state index in [1.165, 1.54) is 5.56 Å². The van der Waals surface area contributed by atoms with Crippen molar-refractivity contribution in [3.8, 4) is 11.1 Å². The molecule has 4 heterocycles. The molecule has 4 aromatic rings. The van der Waals surface area contributed by atoms with Crippen LogP contribution in [0.15, 0.2) is 53.6 Å². The van der Waals surface area contributed by atoms with Gasteiger partial charge in [0.25, 0.3) is 5.56 Å². The number of hydrogen-bond donors (Lipinski definition) is 2. The van der Waals surface area contributed by atoms with E-state index in [2.05, 4.69) is 48.2 Å². The predicted molar refractivity (Wildman–Crippen MR) is 136 cm³/mol. The molecule has 8 nitrogen and oxygen atoms in total. The van der Waals surface area contributed by atoms with Crippen molar-refractivity contribution < 1.29 is 0 Å². The van der Waals surface area contributed by atoms with E-state index >= 15 is 0 Å². The van der Waals surface area contributed by atoms with E-state index in [1.54, 1.807) is 12.3 Å². The van der Waals surface area contributed by atoms with E-state index in [4.69, 9.17) is 11.6 Å². The van der Waals surface area contributed by atoms with Crippen LogP contribution in [0.25, 0.3) is 22.2 Å². The molecule has 0 radical (unpaired) electrons. The Bertz CT molecular complexity index is 1380. The summed E-state index contributed by atoms with van der Waals surface area (Å²) in [5, 5.41) is 4.41. The molecule has 0 spiro atoms. The Kier molecular flexibility index (Phi) is 6.28. The highest BCUT2D eigenvalue weighted by Gasteiger charge is 2.16. The minimum atomic E-state index is -0.242. The summed E-state index contributed by atoms with van der Waals surface area (Å²) >= 11 is 6.34. The Morgan fingerprint density at radius 2 is 1.85 bits per heavy atom. The van der Waals surface area contributed by atoms with Gasteiger partial charge in [-0.15, -0.1) is 0 Å². The second-order valence-corrected chi connectivity index (χ2v) is 9.05. The van der Waals surface area contributed by atoms with Crippen LogP contribution in [0.3, 0.4) is 0 Å². The largest absolute Gasteiger partial charge is 0.309 e. The van der Waals surface area contributed by atoms with Gasteiger partial charge in [-0.3, -0.25) is 9.69 Å². The van der Waals surface area contributed by atoms with Crippen LogP contribution < -0.4 is 10.9 Å². The third-order valence-electron chi connectivity index (χ3n) is 6.24. The van der Waals surface area contributed by atoms with Gasteiger partial charge in [0.05, 0.1) is 5.56 Å². The van der Waals surface area contributed by atoms with Gasteiger partial charge in [0.2, 0.25) is 5.95 Å². The first-order chi connectivity index (χ1) is 16.5. The topological polar surface area (TPSA) is 90.0 Å². The van der Waals surface area contributed by atoms with Gasteiger partial charge in [0, 0.05) is 61.1 Å². The fourth-order valence-corrected chi connectivity index (χ4v) is 4.48. The van der Waals surface area contributed by atoms with Crippen molar-refractivity contribution in [3.63, 3.8) is 0 Å². The minimum absolute atomic E-state index is 0.242. The van der Waals surface area contributed by atoms with Crippen molar-refractivity contribution >= 4 is 34.4 Å². The van der Waals surface area contributed by atoms with Crippen LogP contribution in [-0.2, 0) is 6.54 Å². The van der Waals surface area contributed by atoms with Crippen LogP contribution in [0.1, 0.15) is 11.1 Å². The average molecular weight is 476 g/mol. The number of H-pyrrole nitrogens is 1. The standard InChI is InChI=1S/C25H26ClN7O/c1-16-19-14-28-25(31-23(19)30-24(34)22(16)18-5-3-4-6-20(18)26)29-21-8-7-17(13-27-21)15-33-11-9-32(2)10-12-33/h3-8,13-14H,9-12,15H2,1-2H3,(H2,27,28,29,30,31,34). The van der Waals surface area contributed by atoms with Crippen molar-refractivity contribution in [1.29, 1.82) is 0 Å². The molecule has 9 heteroatoms. The summed E-state index contributed by atoms with van der Waals surface area (Å²) in [6.45, 7) is 7.09. The first-order valence-electron chi connectivity index (χ1n) is 11.3. The summed E-state index contributed by atoms with van der Waals surface area (Å²) in [6, 6.07) is 11.3. The lowest BCUT2D eigenvalue weighted by atomic mass is 10.0. The number of nitrogens with one attached hydrogen (secondary N) is 2. The first kappa shape index (κ1) is 22.5. The monoisotopic (exact) mass is 475 g/mol. The third kappa shape index (κ3) is 4.65. The van der Waals surface area contributed by atoms with Gasteiger partial charge >= 0.3 is 0 Å². The number of rotatable bonds is 5. The summed E-state index contributed by atoms with van der Waals surface area (Å²) in [5.74, 6) is 1.01. The number of likely N-dealkylation sites (N-methyl/N-ethyl adjacent to an activating group) is 1. The van der Waals surface area contributed by atoms with Gasteiger partial charge in [0.1, 0.15) is 11.5 Å². The van der Waals surface area contributed by atoms with Crippen LogP contribution in [0.4, 0.5) is 11.8 Å². The lowest BCUT2D eigenvalue weighted by molar-refractivity contribution is 0.148. The molecule has 1 aliphatic heterocycles. The van der Waals surface area contributed by atoms with Crippen molar-refractivity contribution in [1.82, 2.24) is 29.7 Å². The molecule has 0 saturated carbocycles. The number of anilines is 2. The molecule has 3 aromatic heterocycles. The molecule has 0 atom stereocenters. The number of fused-ring (bicyclic) bond motifs is 1. The molecule has 174 valence electrons. The van der Waals surface area contributed by atoms with Crippen LogP contribution in [0.2, 0.25) is 5.02 Å². The SMILES string of the molecule is Cc1c(-c2ccccc2Cl)c(=O)[nH]c2nc(Nc3ccc(CN4CCN(C)CC4)cn3)ncc12. The van der Waals surface area contributed by atoms with Gasteiger partial charge in [-0.2, -0.15) is 4.98 Å². The van der Waals surface area contributed by atoms with Crippen LogP contribution >= 0.6 is 11.6 Å². The molecular formula is C25H26ClN7O. The number of aromatic amines is 1. The second-order valence-electron chi connectivity index (χ2n) is 8.65. The molecule has 0 aliphatic carbocycles. The van der Waals surface area contributed by atoms with Crippen LogP contribution in [0, 0.1) is 6.92 Å². The molecule has 0 amide bonds. The zero-order chi connectivity index (χ0) is 23.7. The van der Waals surface area contributed by atoms with Gasteiger partial charge < -0.3 is 15.2 Å². The summed E-state index contributed by atoms with van der Waals surface area (Å²) in [5.41, 5.74) is 3.39. The van der Waals surface area contributed by atoms with E-state index in [1.807, 2.05) is 37.4 Å². The van der Waals surface area contributed by atoms with Crippen LogP contribution in [-0.4, -0.2) is 63.0 Å². The van der Waals surface area contributed by atoms with E-state index in [0.29, 0.717) is 33.6 Å². The number of nitrogens with zero attached hydrogens (tertiary/aromatic N) is 5. The summed E-state index contributed by atoms with van der Waals surface area (Å²) in [7, 11) is 2.16. The molecule has 0 unspecified atom stereocenters. The van der Waals surface area contributed by atoms with Gasteiger partial charge in [-0.25, -0.2) is 9.97 Å². The fourth-order valence-electron chi connectivity index (χ4n) is 4.25. The van der Waals surface area contributed by atoms with Gasteiger partial charge in [-0.1, -0.05) is 35.9 Å². The maximum atomic E-state index is 12.9. The highest BCUT2D eigenvalue weighted by atomic mass is 35.5. The summed E-state index contributed by atoms with van der Waals surface area (Å²) in [6.07, 6.45) is 3.58. The molecule has 1 saturated heterocycles. The number of piperazine rings is 1. The first-order valence-corrected chi connectivity index (χ1v) is 11.6. The third-order valence-corrected chi connectivity index (χ3v) is 6.57. The number of pyridine rings is 2. The average Bonchev–Trinajstić information content (AvgIpc) is 2.83. The van der Waals surface area contributed by atoms with Gasteiger partial charge in [0.15, 0.2) is 0 Å². The van der Waals surface area contributed by atoms with Crippen molar-refractivity contribution in [2.45, 2.75) is 13.5 Å². The zero-order valence-corrected chi connectivity index (χ0v) is 19.9. The zero-order valence-electron chi connectivity index (χ0n) is 19.2. The molecule has 1 aromatic carbocycles. The smallest absolute Gasteiger partial charge is 0.257 e. The van der Waals surface area contributed by atoms with Crippen molar-refractivity contribution in [2.24, 2.45) is 0 Å². The number of hydrogen-bond acceptors (Lipinski definition) is 7. The molecule has 1 fully saturated rings. The summed E-state index contributed by atoms with van der Waals surface area (Å²) < 4.78 is 0. The Balaban J connectivity index is 1.35. The highest BCUT2D eigenvalue weighted by molar-refractivity contribution is 6.33. The lowest BCUT2D eigenvalue weighted by Crippen LogP contribution is -2.43.